The predicted molar refractivity (Wildman–Crippen MR) is 131 cm³/mol. The molecule has 188 valence electrons. The molecule has 2 heterocycles. The molecule has 3 saturated carbocycles. The molecule has 0 aliphatic heterocycles. The van der Waals surface area contributed by atoms with Crippen molar-refractivity contribution in [2.24, 2.45) is 10.8 Å². The molecule has 0 atom stereocenters. The van der Waals surface area contributed by atoms with E-state index in [1.807, 2.05) is 6.92 Å². The van der Waals surface area contributed by atoms with E-state index in [-0.39, 0.29) is 64.8 Å². The summed E-state index contributed by atoms with van der Waals surface area (Å²) in [6.45, 7) is 7.58. The SMILES string of the molecule is C/C=C\C=C(\OC)C(=CF)c1cc(C)ncc1C(=O)Nc1nn[c-]s1.[CH2-]C12CC(C(=O)OC)(C1)C2.[U+2]. The molecule has 5 rings (SSSR count). The molecule has 0 unspecified atom stereocenters. The minimum atomic E-state index is -0.478. The molecule has 3 fully saturated rings. The molecular formula is C25H27FN4O4SU. The van der Waals surface area contributed by atoms with Gasteiger partial charge < -0.3 is 21.7 Å². The predicted octanol–water partition coefficient (Wildman–Crippen LogP) is 4.87. The van der Waals surface area contributed by atoms with Crippen LogP contribution in [0.15, 0.2) is 42.6 Å². The third-order valence-corrected chi connectivity index (χ3v) is 6.46. The molecular weight excluding hydrogens is 709 g/mol. The van der Waals surface area contributed by atoms with E-state index < -0.39 is 5.91 Å². The van der Waals surface area contributed by atoms with E-state index in [4.69, 9.17) is 4.74 Å². The number of carbonyl (C=O) groups is 2. The van der Waals surface area contributed by atoms with Gasteiger partial charge in [0.15, 0.2) is 0 Å². The van der Waals surface area contributed by atoms with Crippen molar-refractivity contribution in [3.8, 4) is 0 Å². The van der Waals surface area contributed by atoms with Crippen LogP contribution < -0.4 is 5.32 Å². The van der Waals surface area contributed by atoms with Crippen molar-refractivity contribution in [3.05, 3.63) is 71.8 Å². The van der Waals surface area contributed by atoms with Crippen molar-refractivity contribution >= 4 is 33.9 Å². The molecule has 2 bridgehead atoms. The minimum absolute atomic E-state index is 0. The van der Waals surface area contributed by atoms with Gasteiger partial charge in [0, 0.05) is 17.5 Å². The van der Waals surface area contributed by atoms with Crippen LogP contribution in [0.25, 0.3) is 5.57 Å². The zero-order chi connectivity index (χ0) is 25.6. The Balaban J connectivity index is 0.000000344. The number of hydrogen-bond acceptors (Lipinski definition) is 8. The molecule has 1 amide bonds. The zero-order valence-corrected chi connectivity index (χ0v) is 25.5. The van der Waals surface area contributed by atoms with Crippen molar-refractivity contribution in [1.82, 2.24) is 15.2 Å². The van der Waals surface area contributed by atoms with Gasteiger partial charge in [-0.15, -0.1) is 0 Å². The van der Waals surface area contributed by atoms with Crippen LogP contribution in [0.2, 0.25) is 0 Å². The maximum Gasteiger partial charge on any atom is 2.00 e. The summed E-state index contributed by atoms with van der Waals surface area (Å²) in [6.07, 6.45) is 9.76. The maximum atomic E-state index is 13.7. The van der Waals surface area contributed by atoms with Gasteiger partial charge in [0.25, 0.3) is 0 Å². The van der Waals surface area contributed by atoms with Crippen LogP contribution in [0.3, 0.4) is 0 Å². The third-order valence-electron chi connectivity index (χ3n) is 5.91. The average molecular weight is 737 g/mol. The topological polar surface area (TPSA) is 103 Å². The fourth-order valence-electron chi connectivity index (χ4n) is 4.46. The number of anilines is 1. The number of nitrogens with one attached hydrogen (secondary N) is 1. The van der Waals surface area contributed by atoms with Crippen molar-refractivity contribution in [1.29, 1.82) is 0 Å². The van der Waals surface area contributed by atoms with Crippen molar-refractivity contribution in [2.75, 3.05) is 19.5 Å². The van der Waals surface area contributed by atoms with E-state index in [0.717, 1.165) is 30.6 Å². The maximum absolute atomic E-state index is 13.7. The largest absolute Gasteiger partial charge is 2.00 e. The van der Waals surface area contributed by atoms with E-state index >= 15 is 0 Å². The Morgan fingerprint density at radius 2 is 1.94 bits per heavy atom. The number of carbonyl (C=O) groups excluding carboxylic acids is 2. The third kappa shape index (κ3) is 6.50. The fourth-order valence-corrected chi connectivity index (χ4v) is 4.85. The number of halogens is 1. The molecule has 3 aliphatic rings. The Hall–Kier alpha value is -2.35. The summed E-state index contributed by atoms with van der Waals surface area (Å²) in [7, 11) is 2.89. The number of allylic oxidation sites excluding steroid dienone is 4. The Morgan fingerprint density at radius 3 is 2.44 bits per heavy atom. The normalized spacial score (nSPS) is 22.3. The smallest absolute Gasteiger partial charge is 0.496 e. The van der Waals surface area contributed by atoms with Crippen LogP contribution >= 0.6 is 11.3 Å². The number of ether oxygens (including phenoxy) is 2. The molecule has 0 radical (unpaired) electrons. The second-order valence-corrected chi connectivity index (χ2v) is 9.38. The number of rotatable bonds is 7. The van der Waals surface area contributed by atoms with Gasteiger partial charge in [0.1, 0.15) is 5.76 Å². The van der Waals surface area contributed by atoms with Crippen LogP contribution in [0.4, 0.5) is 9.52 Å². The second-order valence-electron chi connectivity index (χ2n) is 8.61. The van der Waals surface area contributed by atoms with E-state index in [0.29, 0.717) is 22.7 Å². The summed E-state index contributed by atoms with van der Waals surface area (Å²) in [4.78, 5) is 27.7. The van der Waals surface area contributed by atoms with E-state index in [1.54, 1.807) is 31.2 Å². The summed E-state index contributed by atoms with van der Waals surface area (Å²) in [5, 5.41) is 10.1. The Bertz CT molecular complexity index is 1160. The quantitative estimate of drug-likeness (QED) is 0.187. The minimum Gasteiger partial charge on any atom is -0.496 e. The van der Waals surface area contributed by atoms with Gasteiger partial charge in [0.2, 0.25) is 5.91 Å². The molecule has 11 heteroatoms. The van der Waals surface area contributed by atoms with Gasteiger partial charge >= 0.3 is 37.1 Å². The average Bonchev–Trinajstić information content (AvgIpc) is 3.32. The summed E-state index contributed by atoms with van der Waals surface area (Å²) < 4.78 is 23.6. The Kier molecular flexibility index (Phi) is 10.6. The molecule has 36 heavy (non-hydrogen) atoms. The Morgan fingerprint density at radius 1 is 1.25 bits per heavy atom. The van der Waals surface area contributed by atoms with Crippen LogP contribution in [0.5, 0.6) is 0 Å². The van der Waals surface area contributed by atoms with Crippen LogP contribution in [0, 0.1) is 61.3 Å². The Labute approximate surface area is 237 Å². The number of amides is 1. The molecule has 0 saturated heterocycles. The number of aromatic nitrogens is 3. The first kappa shape index (κ1) is 29.9. The first-order valence-corrected chi connectivity index (χ1v) is 11.6. The van der Waals surface area contributed by atoms with Crippen molar-refractivity contribution in [3.63, 3.8) is 0 Å². The van der Waals surface area contributed by atoms with E-state index in [1.165, 1.54) is 20.4 Å². The van der Waals surface area contributed by atoms with Gasteiger partial charge in [0.05, 0.1) is 42.2 Å². The molecule has 3 aliphatic carbocycles. The molecule has 2 aromatic rings. The van der Waals surface area contributed by atoms with Crippen molar-refractivity contribution < 1.29 is 54.6 Å². The summed E-state index contributed by atoms with van der Waals surface area (Å²) in [6, 6.07) is 1.62. The summed E-state index contributed by atoms with van der Waals surface area (Å²) >= 11 is 1.06. The molecule has 0 aromatic carbocycles. The summed E-state index contributed by atoms with van der Waals surface area (Å²) in [5.41, 5.74) is 4.03. The van der Waals surface area contributed by atoms with Gasteiger partial charge in [-0.1, -0.05) is 36.9 Å². The van der Waals surface area contributed by atoms with Crippen LogP contribution in [-0.2, 0) is 14.3 Å². The van der Waals surface area contributed by atoms with E-state index in [9.17, 15) is 14.0 Å². The zero-order valence-electron chi connectivity index (χ0n) is 20.6. The first-order valence-electron chi connectivity index (χ1n) is 10.8. The standard InChI is InChI=1S/C17H16FN4O2S.C8H11O2.U/c1-4-5-6-15(24-3)13(8-18)12-7-11(2)19-9-14(12)16(23)21-17-22-20-10-25-17;1-7-3-8(4-7,5-7)6(9)10-2;/h4-9H,1-3H3,(H,21,22,23);1,3-5H2,2H3;/q2*-1;+2/b5-4-,13-8?,15-6+;;. The van der Waals surface area contributed by atoms with Crippen molar-refractivity contribution in [2.45, 2.75) is 33.1 Å². The number of aryl methyl sites for hydroxylation is 1. The number of hydrogen-bond donors (Lipinski definition) is 1. The van der Waals surface area contributed by atoms with E-state index in [2.05, 4.69) is 37.7 Å². The number of methoxy groups -OCH3 is 2. The monoisotopic (exact) mass is 736 g/mol. The van der Waals surface area contributed by atoms with Gasteiger partial charge in [-0.3, -0.25) is 31.0 Å². The fraction of sp³-hybridized carbons (Fsp3) is 0.360. The summed E-state index contributed by atoms with van der Waals surface area (Å²) in [5.74, 6) is -0.226. The first-order chi connectivity index (χ1) is 16.7. The van der Waals surface area contributed by atoms with Gasteiger partial charge in [-0.05, 0) is 26.0 Å². The number of pyridine rings is 1. The second kappa shape index (κ2) is 12.8. The molecule has 2 aromatic heterocycles. The van der Waals surface area contributed by atoms with Gasteiger partial charge in [-0.25, -0.2) is 9.49 Å². The molecule has 8 nitrogen and oxygen atoms in total. The molecule has 0 spiro atoms. The van der Waals surface area contributed by atoms with Gasteiger partial charge in [-0.2, -0.15) is 5.41 Å². The van der Waals surface area contributed by atoms with Crippen LogP contribution in [-0.4, -0.2) is 41.3 Å². The van der Waals surface area contributed by atoms with Crippen LogP contribution in [0.1, 0.15) is 47.8 Å². The number of esters is 1. The molecule has 1 N–H and O–H groups in total. The number of nitrogens with zero attached hydrogens (tertiary/aromatic N) is 3.